The fourth-order valence-corrected chi connectivity index (χ4v) is 1.38. The monoisotopic (exact) mass is 285 g/mol. The SMILES string of the molecule is COCc1noc(C2=CCCNC2)n1.O=C(O)C(=O)O. The average Bonchev–Trinajstić information content (AvgIpc) is 2.89. The first kappa shape index (κ1) is 15.8. The zero-order chi connectivity index (χ0) is 15.0. The lowest BCUT2D eigenvalue weighted by Crippen LogP contribution is -2.21. The number of aromatic nitrogens is 2. The summed E-state index contributed by atoms with van der Waals surface area (Å²) in [4.78, 5) is 22.4. The van der Waals surface area contributed by atoms with E-state index >= 15 is 0 Å². The molecular formula is C11H15N3O6. The van der Waals surface area contributed by atoms with E-state index in [0.29, 0.717) is 18.3 Å². The van der Waals surface area contributed by atoms with Crippen LogP contribution in [0.2, 0.25) is 0 Å². The minimum Gasteiger partial charge on any atom is -0.473 e. The summed E-state index contributed by atoms with van der Waals surface area (Å²) < 4.78 is 10.0. The summed E-state index contributed by atoms with van der Waals surface area (Å²) in [5.41, 5.74) is 1.08. The van der Waals surface area contributed by atoms with Crippen molar-refractivity contribution < 1.29 is 29.1 Å². The van der Waals surface area contributed by atoms with E-state index in [9.17, 15) is 0 Å². The van der Waals surface area contributed by atoms with E-state index < -0.39 is 11.9 Å². The molecule has 1 aliphatic rings. The molecule has 20 heavy (non-hydrogen) atoms. The molecule has 0 spiro atoms. The van der Waals surface area contributed by atoms with Gasteiger partial charge in [0.1, 0.15) is 6.61 Å². The van der Waals surface area contributed by atoms with E-state index in [1.807, 2.05) is 0 Å². The van der Waals surface area contributed by atoms with Gasteiger partial charge in [0.2, 0.25) is 0 Å². The highest BCUT2D eigenvalue weighted by Gasteiger charge is 2.12. The molecule has 0 saturated carbocycles. The van der Waals surface area contributed by atoms with Crippen LogP contribution in [0.3, 0.4) is 0 Å². The topological polar surface area (TPSA) is 135 Å². The summed E-state index contributed by atoms with van der Waals surface area (Å²) >= 11 is 0. The molecule has 110 valence electrons. The maximum atomic E-state index is 9.10. The average molecular weight is 285 g/mol. The summed E-state index contributed by atoms with van der Waals surface area (Å²) in [6.07, 6.45) is 3.14. The molecule has 0 amide bonds. The van der Waals surface area contributed by atoms with Crippen molar-refractivity contribution in [3.63, 3.8) is 0 Å². The molecule has 3 N–H and O–H groups in total. The second kappa shape index (κ2) is 8.02. The summed E-state index contributed by atoms with van der Waals surface area (Å²) in [7, 11) is 1.61. The van der Waals surface area contributed by atoms with Crippen molar-refractivity contribution in [3.05, 3.63) is 17.8 Å². The van der Waals surface area contributed by atoms with Crippen LogP contribution in [0.4, 0.5) is 0 Å². The molecule has 0 unspecified atom stereocenters. The van der Waals surface area contributed by atoms with Crippen molar-refractivity contribution in [2.75, 3.05) is 20.2 Å². The first-order valence-corrected chi connectivity index (χ1v) is 5.72. The molecule has 1 aromatic rings. The molecule has 0 atom stereocenters. The Morgan fingerprint density at radius 2 is 2.15 bits per heavy atom. The molecule has 1 aromatic heterocycles. The summed E-state index contributed by atoms with van der Waals surface area (Å²) in [6, 6.07) is 0. The van der Waals surface area contributed by atoms with E-state index in [-0.39, 0.29) is 0 Å². The van der Waals surface area contributed by atoms with Crippen molar-refractivity contribution in [2.45, 2.75) is 13.0 Å². The number of carboxylic acid groups (broad SMARTS) is 2. The molecule has 9 nitrogen and oxygen atoms in total. The van der Waals surface area contributed by atoms with Gasteiger partial charge in [-0.25, -0.2) is 9.59 Å². The Hall–Kier alpha value is -2.26. The number of aliphatic carboxylic acids is 2. The first-order chi connectivity index (χ1) is 9.54. The minimum atomic E-state index is -1.82. The van der Waals surface area contributed by atoms with Crippen molar-refractivity contribution >= 4 is 17.5 Å². The number of carbonyl (C=O) groups is 2. The van der Waals surface area contributed by atoms with Gasteiger partial charge in [-0.2, -0.15) is 4.98 Å². The van der Waals surface area contributed by atoms with E-state index in [0.717, 1.165) is 25.1 Å². The third kappa shape index (κ3) is 5.16. The predicted molar refractivity (Wildman–Crippen MR) is 65.7 cm³/mol. The van der Waals surface area contributed by atoms with Gasteiger partial charge >= 0.3 is 11.9 Å². The first-order valence-electron chi connectivity index (χ1n) is 5.72. The minimum absolute atomic E-state index is 0.393. The summed E-state index contributed by atoms with van der Waals surface area (Å²) in [5, 5.41) is 21.8. The number of carboxylic acids is 2. The number of hydrogen-bond donors (Lipinski definition) is 3. The van der Waals surface area contributed by atoms with Gasteiger partial charge in [0.05, 0.1) is 0 Å². The highest BCUT2D eigenvalue weighted by atomic mass is 16.5. The van der Waals surface area contributed by atoms with E-state index in [2.05, 4.69) is 21.5 Å². The Labute approximate surface area is 114 Å². The van der Waals surface area contributed by atoms with Crippen LogP contribution in [0.1, 0.15) is 18.1 Å². The highest BCUT2D eigenvalue weighted by Crippen LogP contribution is 2.14. The molecule has 9 heteroatoms. The van der Waals surface area contributed by atoms with Crippen molar-refractivity contribution in [3.8, 4) is 0 Å². The lowest BCUT2D eigenvalue weighted by atomic mass is 10.1. The van der Waals surface area contributed by atoms with Gasteiger partial charge in [0.15, 0.2) is 5.82 Å². The molecule has 0 radical (unpaired) electrons. The summed E-state index contributed by atoms with van der Waals surface area (Å²) in [5.74, 6) is -2.46. The van der Waals surface area contributed by atoms with Crippen LogP contribution in [0.15, 0.2) is 10.6 Å². The van der Waals surface area contributed by atoms with Crippen LogP contribution in [0.25, 0.3) is 5.57 Å². The quantitative estimate of drug-likeness (QED) is 0.642. The van der Waals surface area contributed by atoms with Gasteiger partial charge in [-0.1, -0.05) is 11.2 Å². The summed E-state index contributed by atoms with van der Waals surface area (Å²) in [6.45, 7) is 2.21. The third-order valence-corrected chi connectivity index (χ3v) is 2.23. The number of ether oxygens (including phenoxy) is 1. The lowest BCUT2D eigenvalue weighted by molar-refractivity contribution is -0.159. The van der Waals surface area contributed by atoms with Crippen LogP contribution < -0.4 is 5.32 Å². The van der Waals surface area contributed by atoms with Crippen LogP contribution in [-0.4, -0.2) is 52.5 Å². The van der Waals surface area contributed by atoms with Crippen LogP contribution >= 0.6 is 0 Å². The zero-order valence-electron chi connectivity index (χ0n) is 10.8. The predicted octanol–water partition coefficient (Wildman–Crippen LogP) is -0.252. The van der Waals surface area contributed by atoms with Gasteiger partial charge < -0.3 is 24.8 Å². The van der Waals surface area contributed by atoms with Crippen molar-refractivity contribution in [1.29, 1.82) is 0 Å². The number of hydrogen-bond acceptors (Lipinski definition) is 7. The van der Waals surface area contributed by atoms with Crippen LogP contribution in [0.5, 0.6) is 0 Å². The van der Waals surface area contributed by atoms with Crippen LogP contribution in [-0.2, 0) is 20.9 Å². The normalized spacial score (nSPS) is 13.9. The molecule has 2 heterocycles. The standard InChI is InChI=1S/C9H13N3O2.C2H2O4/c1-13-6-8-11-9(14-12-8)7-3-2-4-10-5-7;3-1(4)2(5)6/h3,10H,2,4-6H2,1H3;(H,3,4)(H,5,6). The molecule has 2 rings (SSSR count). The third-order valence-electron chi connectivity index (χ3n) is 2.23. The van der Waals surface area contributed by atoms with E-state index in [4.69, 9.17) is 29.1 Å². The number of nitrogens with zero attached hydrogens (tertiary/aromatic N) is 2. The van der Waals surface area contributed by atoms with Crippen LogP contribution in [0, 0.1) is 0 Å². The molecular weight excluding hydrogens is 270 g/mol. The number of methoxy groups -OCH3 is 1. The molecule has 1 aliphatic heterocycles. The Morgan fingerprint density at radius 3 is 2.65 bits per heavy atom. The Bertz CT molecular complexity index is 484. The van der Waals surface area contributed by atoms with E-state index in [1.165, 1.54) is 0 Å². The largest absolute Gasteiger partial charge is 0.473 e. The van der Waals surface area contributed by atoms with Crippen molar-refractivity contribution in [1.82, 2.24) is 15.5 Å². The smallest absolute Gasteiger partial charge is 0.414 e. The van der Waals surface area contributed by atoms with Gasteiger partial charge in [0.25, 0.3) is 5.89 Å². The fourth-order valence-electron chi connectivity index (χ4n) is 1.38. The van der Waals surface area contributed by atoms with Gasteiger partial charge in [-0.15, -0.1) is 0 Å². The maximum Gasteiger partial charge on any atom is 0.414 e. The molecule has 0 bridgehead atoms. The highest BCUT2D eigenvalue weighted by molar-refractivity contribution is 6.27. The Balaban J connectivity index is 0.000000286. The molecule has 0 aromatic carbocycles. The van der Waals surface area contributed by atoms with Gasteiger partial charge in [-0.05, 0) is 13.0 Å². The molecule has 0 aliphatic carbocycles. The molecule has 0 fully saturated rings. The Morgan fingerprint density at radius 1 is 1.45 bits per heavy atom. The second-order valence-electron chi connectivity index (χ2n) is 3.75. The Kier molecular flexibility index (Phi) is 6.33. The maximum absolute atomic E-state index is 9.10. The van der Waals surface area contributed by atoms with Gasteiger partial charge in [-0.3, -0.25) is 0 Å². The second-order valence-corrected chi connectivity index (χ2v) is 3.75. The number of rotatable bonds is 3. The van der Waals surface area contributed by atoms with Gasteiger partial charge in [0, 0.05) is 19.2 Å². The van der Waals surface area contributed by atoms with Crippen molar-refractivity contribution in [2.24, 2.45) is 0 Å². The number of nitrogens with one attached hydrogen (secondary N) is 1. The lowest BCUT2D eigenvalue weighted by Gasteiger charge is -2.09. The zero-order valence-corrected chi connectivity index (χ0v) is 10.8. The fraction of sp³-hybridized carbons (Fsp3) is 0.455. The molecule has 0 saturated heterocycles. The van der Waals surface area contributed by atoms with E-state index in [1.54, 1.807) is 7.11 Å².